The van der Waals surface area contributed by atoms with Gasteiger partial charge >= 0.3 is 0 Å². The molecule has 3 heteroatoms. The number of rotatable bonds is 4. The number of methoxy groups -OCH3 is 1. The predicted octanol–water partition coefficient (Wildman–Crippen LogP) is 1.25. The number of aliphatic hydroxyl groups excluding tert-OH is 1. The van der Waals surface area contributed by atoms with E-state index in [2.05, 4.69) is 6.07 Å². The average molecular weight is 181 g/mol. The molecule has 1 unspecified atom stereocenters. The van der Waals surface area contributed by atoms with Gasteiger partial charge in [0.1, 0.15) is 18.1 Å². The molecule has 0 spiro atoms. The van der Waals surface area contributed by atoms with Gasteiger partial charge in [-0.3, -0.25) is 0 Å². The summed E-state index contributed by atoms with van der Waals surface area (Å²) in [5.74, 6) is 1.21. The fourth-order valence-corrected chi connectivity index (χ4v) is 0.841. The Morgan fingerprint density at radius 3 is 2.77 bits per heavy atom. The van der Waals surface area contributed by atoms with Gasteiger partial charge in [0, 0.05) is 0 Å². The van der Waals surface area contributed by atoms with Gasteiger partial charge in [-0.2, -0.15) is 0 Å². The third-order valence-corrected chi connectivity index (χ3v) is 1.44. The first-order valence-corrected chi connectivity index (χ1v) is 4.09. The summed E-state index contributed by atoms with van der Waals surface area (Å²) in [6, 6.07) is 8.26. The normalized spacial score (nSPS) is 12.2. The van der Waals surface area contributed by atoms with E-state index in [-0.39, 0.29) is 6.61 Å². The van der Waals surface area contributed by atoms with Crippen LogP contribution in [0.3, 0.4) is 0 Å². The fraction of sp³-hybridized carbons (Fsp3) is 0.400. The second kappa shape index (κ2) is 4.72. The van der Waals surface area contributed by atoms with Crippen molar-refractivity contribution in [2.45, 2.75) is 13.0 Å². The van der Waals surface area contributed by atoms with Gasteiger partial charge in [-0.1, -0.05) is 6.07 Å². The number of ether oxygens (including phenoxy) is 2. The van der Waals surface area contributed by atoms with Crippen LogP contribution in [-0.4, -0.2) is 24.9 Å². The molecule has 71 valence electrons. The van der Waals surface area contributed by atoms with Crippen LogP contribution in [0.4, 0.5) is 0 Å². The molecule has 1 aromatic rings. The Balaban J connectivity index is 2.56. The molecule has 1 aromatic carbocycles. The predicted molar refractivity (Wildman–Crippen MR) is 49.0 cm³/mol. The Kier molecular flexibility index (Phi) is 3.58. The average Bonchev–Trinajstić information content (AvgIpc) is 2.15. The highest BCUT2D eigenvalue weighted by Gasteiger charge is 1.99. The lowest BCUT2D eigenvalue weighted by Gasteiger charge is -2.08. The van der Waals surface area contributed by atoms with Crippen LogP contribution in [0.25, 0.3) is 0 Å². The maximum absolute atomic E-state index is 8.97. The van der Waals surface area contributed by atoms with Crippen molar-refractivity contribution < 1.29 is 14.6 Å². The SMILES string of the molecule is COc1[c]c(OCC(C)O)ccc1. The summed E-state index contributed by atoms with van der Waals surface area (Å²) in [6.07, 6.45) is -0.473. The molecule has 0 aromatic heterocycles. The summed E-state index contributed by atoms with van der Waals surface area (Å²) in [4.78, 5) is 0. The molecule has 0 bridgehead atoms. The molecule has 0 heterocycles. The topological polar surface area (TPSA) is 38.7 Å². The number of hydrogen-bond acceptors (Lipinski definition) is 3. The highest BCUT2D eigenvalue weighted by Crippen LogP contribution is 2.17. The van der Waals surface area contributed by atoms with E-state index in [4.69, 9.17) is 14.6 Å². The minimum atomic E-state index is -0.473. The van der Waals surface area contributed by atoms with E-state index in [1.807, 2.05) is 6.07 Å². The van der Waals surface area contributed by atoms with Gasteiger partial charge in [-0.05, 0) is 19.1 Å². The van der Waals surface area contributed by atoms with Crippen molar-refractivity contribution >= 4 is 0 Å². The van der Waals surface area contributed by atoms with E-state index in [9.17, 15) is 0 Å². The molecular formula is C10H13O3. The Bertz CT molecular complexity index is 258. The van der Waals surface area contributed by atoms with Crippen molar-refractivity contribution in [2.75, 3.05) is 13.7 Å². The minimum Gasteiger partial charge on any atom is -0.496 e. The smallest absolute Gasteiger partial charge is 0.131 e. The maximum Gasteiger partial charge on any atom is 0.131 e. The first-order valence-electron chi connectivity index (χ1n) is 4.09. The number of hydrogen-bond donors (Lipinski definition) is 1. The van der Waals surface area contributed by atoms with Gasteiger partial charge in [-0.25, -0.2) is 0 Å². The van der Waals surface area contributed by atoms with Crippen LogP contribution in [0.5, 0.6) is 11.5 Å². The highest BCUT2D eigenvalue weighted by molar-refractivity contribution is 5.30. The van der Waals surface area contributed by atoms with Crippen LogP contribution in [0.15, 0.2) is 18.2 Å². The molecule has 0 saturated heterocycles. The third kappa shape index (κ3) is 3.34. The first kappa shape index (κ1) is 9.86. The van der Waals surface area contributed by atoms with Gasteiger partial charge in [0.05, 0.1) is 19.3 Å². The first-order chi connectivity index (χ1) is 6.22. The summed E-state index contributed by atoms with van der Waals surface area (Å²) in [7, 11) is 1.57. The summed E-state index contributed by atoms with van der Waals surface area (Å²) >= 11 is 0. The molecule has 0 aliphatic heterocycles. The second-order valence-electron chi connectivity index (χ2n) is 2.74. The molecule has 1 N–H and O–H groups in total. The van der Waals surface area contributed by atoms with Gasteiger partial charge in [0.25, 0.3) is 0 Å². The summed E-state index contributed by atoms with van der Waals surface area (Å²) in [5.41, 5.74) is 0. The van der Waals surface area contributed by atoms with Gasteiger partial charge < -0.3 is 14.6 Å². The quantitative estimate of drug-likeness (QED) is 0.759. The molecule has 3 nitrogen and oxygen atoms in total. The highest BCUT2D eigenvalue weighted by atomic mass is 16.5. The zero-order chi connectivity index (χ0) is 9.68. The summed E-state index contributed by atoms with van der Waals surface area (Å²) < 4.78 is 10.2. The maximum atomic E-state index is 8.97. The zero-order valence-electron chi connectivity index (χ0n) is 7.78. The molecule has 0 aliphatic carbocycles. The Hall–Kier alpha value is -1.22. The summed E-state index contributed by atoms with van der Waals surface area (Å²) in [6.45, 7) is 1.93. The van der Waals surface area contributed by atoms with Gasteiger partial charge in [-0.15, -0.1) is 0 Å². The van der Waals surface area contributed by atoms with E-state index in [0.29, 0.717) is 11.5 Å². The molecule has 0 aliphatic rings. The summed E-state index contributed by atoms with van der Waals surface area (Å²) in [5, 5.41) is 8.97. The largest absolute Gasteiger partial charge is 0.496 e. The molecule has 1 atom stereocenters. The van der Waals surface area contributed by atoms with Crippen LogP contribution in [-0.2, 0) is 0 Å². The lowest BCUT2D eigenvalue weighted by atomic mass is 10.3. The molecule has 0 saturated carbocycles. The van der Waals surface area contributed by atoms with Crippen LogP contribution in [0.2, 0.25) is 0 Å². The lowest BCUT2D eigenvalue weighted by Crippen LogP contribution is -2.12. The molecule has 1 radical (unpaired) electrons. The van der Waals surface area contributed by atoms with Crippen LogP contribution in [0, 0.1) is 6.07 Å². The van der Waals surface area contributed by atoms with Crippen LogP contribution in [0.1, 0.15) is 6.92 Å². The van der Waals surface area contributed by atoms with Gasteiger partial charge in [0.15, 0.2) is 0 Å². The Morgan fingerprint density at radius 1 is 1.46 bits per heavy atom. The minimum absolute atomic E-state index is 0.268. The molecular weight excluding hydrogens is 168 g/mol. The van der Waals surface area contributed by atoms with E-state index in [1.54, 1.807) is 26.2 Å². The fourth-order valence-electron chi connectivity index (χ4n) is 0.841. The second-order valence-corrected chi connectivity index (χ2v) is 2.74. The van der Waals surface area contributed by atoms with Crippen molar-refractivity contribution in [3.05, 3.63) is 24.3 Å². The van der Waals surface area contributed by atoms with E-state index >= 15 is 0 Å². The van der Waals surface area contributed by atoms with Crippen molar-refractivity contribution in [1.29, 1.82) is 0 Å². The van der Waals surface area contributed by atoms with Crippen molar-refractivity contribution in [3.8, 4) is 11.5 Å². The zero-order valence-corrected chi connectivity index (χ0v) is 7.78. The van der Waals surface area contributed by atoms with Crippen molar-refractivity contribution in [1.82, 2.24) is 0 Å². The standard InChI is InChI=1S/C10H13O3/c1-8(11)7-13-10-5-3-4-9(6-10)12-2/h3-5,8,11H,7H2,1-2H3. The van der Waals surface area contributed by atoms with Crippen molar-refractivity contribution in [3.63, 3.8) is 0 Å². The number of benzene rings is 1. The van der Waals surface area contributed by atoms with E-state index in [1.165, 1.54) is 0 Å². The van der Waals surface area contributed by atoms with Crippen LogP contribution >= 0.6 is 0 Å². The van der Waals surface area contributed by atoms with E-state index in [0.717, 1.165) is 0 Å². The van der Waals surface area contributed by atoms with E-state index < -0.39 is 6.10 Å². The molecule has 1 rings (SSSR count). The number of aliphatic hydroxyl groups is 1. The Labute approximate surface area is 77.9 Å². The Morgan fingerprint density at radius 2 is 2.15 bits per heavy atom. The van der Waals surface area contributed by atoms with Gasteiger partial charge in [0.2, 0.25) is 0 Å². The third-order valence-electron chi connectivity index (χ3n) is 1.44. The molecule has 0 amide bonds. The lowest BCUT2D eigenvalue weighted by molar-refractivity contribution is 0.122. The molecule has 0 fully saturated rings. The monoisotopic (exact) mass is 181 g/mol. The van der Waals surface area contributed by atoms with Crippen LogP contribution < -0.4 is 9.47 Å². The molecule has 13 heavy (non-hydrogen) atoms. The van der Waals surface area contributed by atoms with Crippen molar-refractivity contribution in [2.24, 2.45) is 0 Å².